The maximum Gasteiger partial charge on any atom is 0.0449 e. The lowest BCUT2D eigenvalue weighted by Gasteiger charge is -2.08. The van der Waals surface area contributed by atoms with Gasteiger partial charge in [-0.25, -0.2) is 0 Å². The Hall–Kier alpha value is -0.280. The van der Waals surface area contributed by atoms with Crippen LogP contribution in [0.1, 0.15) is 30.9 Å². The highest BCUT2D eigenvalue weighted by molar-refractivity contribution is 7.99. The molecule has 0 radical (unpaired) electrons. The van der Waals surface area contributed by atoms with Crippen molar-refractivity contribution in [3.63, 3.8) is 0 Å². The van der Waals surface area contributed by atoms with E-state index < -0.39 is 0 Å². The zero-order chi connectivity index (χ0) is 16.7. The Kier molecular flexibility index (Phi) is 8.18. The molecule has 0 aromatic heterocycles. The molecule has 2 aromatic carbocycles. The summed E-state index contributed by atoms with van der Waals surface area (Å²) in [5, 5.41) is 1.68. The second-order valence-electron chi connectivity index (χ2n) is 5.42. The number of halogens is 2. The van der Waals surface area contributed by atoms with Gasteiger partial charge in [0.1, 0.15) is 0 Å². The minimum absolute atomic E-state index is 0.808. The average molecular weight is 385 g/mol. The molecular weight excluding hydrogens is 363 g/mol. The smallest absolute Gasteiger partial charge is 0.0449 e. The number of benzene rings is 2. The first-order valence-corrected chi connectivity index (χ1v) is 10.6. The molecule has 0 bridgehead atoms. The molecule has 0 atom stereocenters. The van der Waals surface area contributed by atoms with Crippen LogP contribution in [0.3, 0.4) is 0 Å². The molecule has 4 heteroatoms. The number of thioether (sulfide) groups is 1. The summed E-state index contributed by atoms with van der Waals surface area (Å²) >= 11 is 16.3. The average Bonchev–Trinajstić information content (AvgIpc) is 2.52. The summed E-state index contributed by atoms with van der Waals surface area (Å²) in [5.74, 6) is 2.45. The van der Waals surface area contributed by atoms with Crippen LogP contribution in [-0.4, -0.2) is 11.5 Å². The highest BCUT2D eigenvalue weighted by Gasteiger charge is 2.05. The second-order valence-corrected chi connectivity index (χ2v) is 8.78. The van der Waals surface area contributed by atoms with Crippen molar-refractivity contribution in [1.82, 2.24) is 0 Å². The van der Waals surface area contributed by atoms with Gasteiger partial charge in [0.15, 0.2) is 0 Å². The fourth-order valence-corrected chi connectivity index (χ4v) is 4.41. The van der Waals surface area contributed by atoms with Gasteiger partial charge in [-0.2, -0.15) is 11.8 Å². The van der Waals surface area contributed by atoms with Crippen molar-refractivity contribution in [2.75, 3.05) is 11.5 Å². The summed E-state index contributed by atoms with van der Waals surface area (Å²) < 4.78 is 0. The Labute approximate surface area is 158 Å². The number of unbranched alkanes of at least 4 members (excludes halogenated alkanes) is 1. The highest BCUT2D eigenvalue weighted by Crippen LogP contribution is 2.33. The molecule has 0 saturated heterocycles. The van der Waals surface area contributed by atoms with E-state index in [1.165, 1.54) is 29.9 Å². The van der Waals surface area contributed by atoms with E-state index in [1.807, 2.05) is 24.8 Å². The summed E-state index contributed by atoms with van der Waals surface area (Å²) in [6.45, 7) is 4.22. The van der Waals surface area contributed by atoms with Gasteiger partial charge in [-0.1, -0.05) is 54.0 Å². The van der Waals surface area contributed by atoms with E-state index in [1.54, 1.807) is 11.8 Å². The van der Waals surface area contributed by atoms with Crippen molar-refractivity contribution in [3.05, 3.63) is 57.6 Å². The van der Waals surface area contributed by atoms with Crippen LogP contribution in [0.15, 0.2) is 46.2 Å². The predicted octanol–water partition coefficient (Wildman–Crippen LogP) is 7.53. The van der Waals surface area contributed by atoms with E-state index in [4.69, 9.17) is 23.2 Å². The Morgan fingerprint density at radius 3 is 2.26 bits per heavy atom. The minimum atomic E-state index is 0.808. The van der Waals surface area contributed by atoms with Crippen molar-refractivity contribution in [3.8, 4) is 0 Å². The predicted molar refractivity (Wildman–Crippen MR) is 108 cm³/mol. The SMILES string of the molecule is CCSCCCCc1ccc(Sc2ccc(C)c(Cl)c2)cc1Cl. The lowest BCUT2D eigenvalue weighted by Crippen LogP contribution is -1.89. The van der Waals surface area contributed by atoms with Gasteiger partial charge in [0, 0.05) is 19.8 Å². The first-order valence-electron chi connectivity index (χ1n) is 7.90. The quantitative estimate of drug-likeness (QED) is 0.431. The van der Waals surface area contributed by atoms with Gasteiger partial charge < -0.3 is 0 Å². The molecule has 0 aliphatic heterocycles. The van der Waals surface area contributed by atoms with Crippen LogP contribution in [0.4, 0.5) is 0 Å². The summed E-state index contributed by atoms with van der Waals surface area (Å²) in [4.78, 5) is 2.29. The third kappa shape index (κ3) is 6.26. The van der Waals surface area contributed by atoms with Gasteiger partial charge in [0.25, 0.3) is 0 Å². The van der Waals surface area contributed by atoms with Crippen LogP contribution >= 0.6 is 46.7 Å². The number of hydrogen-bond donors (Lipinski definition) is 0. The molecule has 23 heavy (non-hydrogen) atoms. The van der Waals surface area contributed by atoms with Crippen molar-refractivity contribution in [2.24, 2.45) is 0 Å². The van der Waals surface area contributed by atoms with Crippen molar-refractivity contribution < 1.29 is 0 Å². The van der Waals surface area contributed by atoms with E-state index in [9.17, 15) is 0 Å². The molecule has 0 aliphatic rings. The molecule has 0 amide bonds. The molecule has 0 fully saturated rings. The molecule has 0 nitrogen and oxygen atoms in total. The van der Waals surface area contributed by atoms with Crippen LogP contribution in [0, 0.1) is 6.92 Å². The fraction of sp³-hybridized carbons (Fsp3) is 0.368. The Bertz CT molecular complexity index is 641. The van der Waals surface area contributed by atoms with Crippen LogP contribution in [0.2, 0.25) is 10.0 Å². The monoisotopic (exact) mass is 384 g/mol. The van der Waals surface area contributed by atoms with Gasteiger partial charge in [-0.15, -0.1) is 0 Å². The van der Waals surface area contributed by atoms with Crippen LogP contribution < -0.4 is 0 Å². The summed E-state index contributed by atoms with van der Waals surface area (Å²) in [6, 6.07) is 12.5. The summed E-state index contributed by atoms with van der Waals surface area (Å²) in [7, 11) is 0. The zero-order valence-corrected chi connectivity index (χ0v) is 16.7. The van der Waals surface area contributed by atoms with Crippen LogP contribution in [-0.2, 0) is 6.42 Å². The number of rotatable bonds is 8. The largest absolute Gasteiger partial charge is 0.162 e. The summed E-state index contributed by atoms with van der Waals surface area (Å²) in [5.41, 5.74) is 2.35. The molecule has 0 spiro atoms. The van der Waals surface area contributed by atoms with Gasteiger partial charge in [0.05, 0.1) is 0 Å². The molecule has 124 valence electrons. The van der Waals surface area contributed by atoms with Gasteiger partial charge in [-0.05, 0) is 73.1 Å². The van der Waals surface area contributed by atoms with E-state index in [2.05, 4.69) is 37.3 Å². The van der Waals surface area contributed by atoms with Gasteiger partial charge in [-0.3, -0.25) is 0 Å². The molecule has 0 N–H and O–H groups in total. The molecule has 0 heterocycles. The van der Waals surface area contributed by atoms with Crippen LogP contribution in [0.5, 0.6) is 0 Å². The maximum absolute atomic E-state index is 6.45. The first kappa shape index (κ1) is 19.1. The zero-order valence-electron chi connectivity index (χ0n) is 13.6. The topological polar surface area (TPSA) is 0 Å². The van der Waals surface area contributed by atoms with Gasteiger partial charge in [0.2, 0.25) is 0 Å². The van der Waals surface area contributed by atoms with Crippen LogP contribution in [0.25, 0.3) is 0 Å². The first-order chi connectivity index (χ1) is 11.1. The standard InChI is InChI=1S/C19H22Cl2S2/c1-3-22-11-5-4-6-15-8-10-17(13-19(15)21)23-16-9-7-14(2)18(20)12-16/h7-10,12-13H,3-6,11H2,1-2H3. The Morgan fingerprint density at radius 1 is 0.913 bits per heavy atom. The third-order valence-corrected chi connectivity index (χ3v) is 6.32. The van der Waals surface area contributed by atoms with E-state index >= 15 is 0 Å². The molecule has 2 rings (SSSR count). The lowest BCUT2D eigenvalue weighted by atomic mass is 10.1. The normalized spacial score (nSPS) is 11.0. The molecule has 2 aromatic rings. The van der Waals surface area contributed by atoms with E-state index in [0.717, 1.165) is 31.8 Å². The third-order valence-electron chi connectivity index (χ3n) is 3.59. The Balaban J connectivity index is 1.94. The molecule has 0 unspecified atom stereocenters. The van der Waals surface area contributed by atoms with Crippen molar-refractivity contribution in [1.29, 1.82) is 0 Å². The van der Waals surface area contributed by atoms with E-state index in [-0.39, 0.29) is 0 Å². The fourth-order valence-electron chi connectivity index (χ4n) is 2.23. The minimum Gasteiger partial charge on any atom is -0.162 e. The Morgan fingerprint density at radius 2 is 1.61 bits per heavy atom. The van der Waals surface area contributed by atoms with Crippen molar-refractivity contribution in [2.45, 2.75) is 42.9 Å². The second kappa shape index (κ2) is 9.88. The number of aryl methyl sites for hydroxylation is 2. The lowest BCUT2D eigenvalue weighted by molar-refractivity contribution is 0.802. The van der Waals surface area contributed by atoms with Gasteiger partial charge >= 0.3 is 0 Å². The van der Waals surface area contributed by atoms with E-state index in [0.29, 0.717) is 0 Å². The molecular formula is C19H22Cl2S2. The summed E-state index contributed by atoms with van der Waals surface area (Å²) in [6.07, 6.45) is 3.52. The molecule has 0 aliphatic carbocycles. The van der Waals surface area contributed by atoms with Crippen molar-refractivity contribution >= 4 is 46.7 Å². The number of hydrogen-bond acceptors (Lipinski definition) is 2. The maximum atomic E-state index is 6.45. The molecule has 0 saturated carbocycles. The highest BCUT2D eigenvalue weighted by atomic mass is 35.5.